The predicted molar refractivity (Wildman–Crippen MR) is 61.5 cm³/mol. The molecule has 88 valence electrons. The third-order valence-corrected chi connectivity index (χ3v) is 2.94. The zero-order valence-electron chi connectivity index (χ0n) is 9.75. The van der Waals surface area contributed by atoms with Gasteiger partial charge in [-0.25, -0.2) is 0 Å². The Morgan fingerprint density at radius 2 is 2.20 bits per heavy atom. The Morgan fingerprint density at radius 1 is 1.47 bits per heavy atom. The number of rotatable bonds is 5. The Morgan fingerprint density at radius 3 is 2.80 bits per heavy atom. The second kappa shape index (κ2) is 6.08. The summed E-state index contributed by atoms with van der Waals surface area (Å²) in [5.74, 6) is 0.629. The van der Waals surface area contributed by atoms with E-state index in [1.165, 1.54) is 12.8 Å². The molecule has 0 heterocycles. The first-order valence-corrected chi connectivity index (χ1v) is 5.86. The van der Waals surface area contributed by atoms with Crippen molar-refractivity contribution in [3.05, 3.63) is 0 Å². The van der Waals surface area contributed by atoms with Crippen LogP contribution in [-0.4, -0.2) is 31.1 Å². The van der Waals surface area contributed by atoms with E-state index < -0.39 is 0 Å². The van der Waals surface area contributed by atoms with Crippen molar-refractivity contribution in [2.24, 2.45) is 11.7 Å². The van der Waals surface area contributed by atoms with Crippen LogP contribution in [0.4, 0.5) is 0 Å². The monoisotopic (exact) mass is 213 g/mol. The first-order chi connectivity index (χ1) is 7.13. The highest BCUT2D eigenvalue weighted by Crippen LogP contribution is 2.24. The topological polar surface area (TPSA) is 67.2 Å². The zero-order valence-corrected chi connectivity index (χ0v) is 9.75. The van der Waals surface area contributed by atoms with E-state index in [0.717, 1.165) is 13.0 Å². The van der Waals surface area contributed by atoms with Gasteiger partial charge in [-0.05, 0) is 39.2 Å². The van der Waals surface area contributed by atoms with Gasteiger partial charge in [0.2, 0.25) is 5.91 Å². The van der Waals surface area contributed by atoms with Crippen LogP contribution in [0.2, 0.25) is 0 Å². The maximum absolute atomic E-state index is 11.4. The van der Waals surface area contributed by atoms with Crippen molar-refractivity contribution in [3.63, 3.8) is 0 Å². The summed E-state index contributed by atoms with van der Waals surface area (Å²) in [5, 5.41) is 6.16. The molecule has 4 heteroatoms. The van der Waals surface area contributed by atoms with Crippen molar-refractivity contribution in [1.82, 2.24) is 10.6 Å². The Kier molecular flexibility index (Phi) is 5.05. The fourth-order valence-corrected chi connectivity index (χ4v) is 2.18. The number of amides is 1. The van der Waals surface area contributed by atoms with E-state index in [9.17, 15) is 4.79 Å². The molecule has 0 spiro atoms. The lowest BCUT2D eigenvalue weighted by molar-refractivity contribution is -0.120. The number of carbonyl (C=O) groups excluding carboxylic acids is 1. The molecule has 0 aromatic rings. The Labute approximate surface area is 92.0 Å². The van der Waals surface area contributed by atoms with Gasteiger partial charge in [-0.3, -0.25) is 4.79 Å². The maximum Gasteiger partial charge on any atom is 0.234 e. The van der Waals surface area contributed by atoms with Gasteiger partial charge in [0.1, 0.15) is 0 Å². The molecule has 1 saturated carbocycles. The zero-order chi connectivity index (χ0) is 11.3. The van der Waals surface area contributed by atoms with Crippen LogP contribution in [0.3, 0.4) is 0 Å². The fourth-order valence-electron chi connectivity index (χ4n) is 2.18. The normalized spacial score (nSPS) is 25.9. The number of hydrogen-bond donors (Lipinski definition) is 3. The lowest BCUT2D eigenvalue weighted by atomic mass is 10.0. The van der Waals surface area contributed by atoms with E-state index in [1.807, 2.05) is 13.8 Å². The number of hydrogen-bond acceptors (Lipinski definition) is 3. The molecule has 4 nitrogen and oxygen atoms in total. The number of carbonyl (C=O) groups is 1. The average molecular weight is 213 g/mol. The Hall–Kier alpha value is -0.610. The minimum absolute atomic E-state index is 0.0765. The maximum atomic E-state index is 11.4. The highest BCUT2D eigenvalue weighted by Gasteiger charge is 2.25. The highest BCUT2D eigenvalue weighted by molar-refractivity contribution is 5.78. The number of nitrogens with two attached hydrogens (primary N) is 1. The van der Waals surface area contributed by atoms with Gasteiger partial charge in [-0.2, -0.15) is 0 Å². The molecule has 1 amide bonds. The summed E-state index contributed by atoms with van der Waals surface area (Å²) < 4.78 is 0. The van der Waals surface area contributed by atoms with Crippen molar-refractivity contribution in [2.45, 2.75) is 45.2 Å². The molecule has 1 rings (SSSR count). The van der Waals surface area contributed by atoms with Crippen LogP contribution in [0, 0.1) is 5.92 Å². The average Bonchev–Trinajstić information content (AvgIpc) is 2.60. The largest absolute Gasteiger partial charge is 0.353 e. The summed E-state index contributed by atoms with van der Waals surface area (Å²) in [4.78, 5) is 11.4. The molecule has 0 saturated heterocycles. The van der Waals surface area contributed by atoms with Gasteiger partial charge in [0.05, 0.1) is 6.54 Å². The van der Waals surface area contributed by atoms with Gasteiger partial charge in [-0.15, -0.1) is 0 Å². The van der Waals surface area contributed by atoms with Crippen molar-refractivity contribution in [3.8, 4) is 0 Å². The quantitative estimate of drug-likeness (QED) is 0.612. The molecule has 2 atom stereocenters. The van der Waals surface area contributed by atoms with Crippen LogP contribution in [-0.2, 0) is 4.79 Å². The van der Waals surface area contributed by atoms with E-state index in [4.69, 9.17) is 5.73 Å². The second-order valence-electron chi connectivity index (χ2n) is 4.64. The molecule has 0 radical (unpaired) electrons. The molecule has 1 aliphatic carbocycles. The molecule has 15 heavy (non-hydrogen) atoms. The summed E-state index contributed by atoms with van der Waals surface area (Å²) >= 11 is 0. The van der Waals surface area contributed by atoms with Crippen LogP contribution in [0.25, 0.3) is 0 Å². The van der Waals surface area contributed by atoms with Crippen LogP contribution >= 0.6 is 0 Å². The summed E-state index contributed by atoms with van der Waals surface area (Å²) in [6.07, 6.45) is 3.57. The van der Waals surface area contributed by atoms with Crippen LogP contribution < -0.4 is 16.4 Å². The molecular formula is C11H23N3O. The van der Waals surface area contributed by atoms with Gasteiger partial charge >= 0.3 is 0 Å². The Balaban J connectivity index is 2.21. The van der Waals surface area contributed by atoms with Crippen molar-refractivity contribution in [2.75, 3.05) is 13.1 Å². The molecule has 1 fully saturated rings. The molecule has 0 aliphatic heterocycles. The molecule has 1 aliphatic rings. The highest BCUT2D eigenvalue weighted by atomic mass is 16.1. The minimum Gasteiger partial charge on any atom is -0.353 e. The van der Waals surface area contributed by atoms with Crippen LogP contribution in [0.5, 0.6) is 0 Å². The SMILES string of the molecule is CC(C)NC(=O)CNC1CCCC1CN. The minimum atomic E-state index is 0.0765. The predicted octanol–water partition coefficient (Wildman–Crippen LogP) is 0.228. The molecule has 2 unspecified atom stereocenters. The lowest BCUT2D eigenvalue weighted by Gasteiger charge is -2.19. The summed E-state index contributed by atoms with van der Waals surface area (Å²) in [5.41, 5.74) is 5.67. The molecule has 0 aromatic heterocycles. The van der Waals surface area contributed by atoms with E-state index in [-0.39, 0.29) is 11.9 Å². The smallest absolute Gasteiger partial charge is 0.234 e. The summed E-state index contributed by atoms with van der Waals surface area (Å²) in [7, 11) is 0. The molecular weight excluding hydrogens is 190 g/mol. The summed E-state index contributed by atoms with van der Waals surface area (Å²) in [6.45, 7) is 5.08. The molecule has 0 aromatic carbocycles. The first kappa shape index (κ1) is 12.5. The third kappa shape index (κ3) is 4.18. The number of nitrogens with one attached hydrogen (secondary N) is 2. The third-order valence-electron chi connectivity index (χ3n) is 2.94. The van der Waals surface area contributed by atoms with Gasteiger partial charge in [0.25, 0.3) is 0 Å². The van der Waals surface area contributed by atoms with Gasteiger partial charge in [0, 0.05) is 12.1 Å². The van der Waals surface area contributed by atoms with Gasteiger partial charge < -0.3 is 16.4 Å². The van der Waals surface area contributed by atoms with Crippen molar-refractivity contribution in [1.29, 1.82) is 0 Å². The second-order valence-corrected chi connectivity index (χ2v) is 4.64. The van der Waals surface area contributed by atoms with E-state index in [1.54, 1.807) is 0 Å². The Bertz CT molecular complexity index is 206. The van der Waals surface area contributed by atoms with Crippen molar-refractivity contribution >= 4 is 5.91 Å². The van der Waals surface area contributed by atoms with E-state index in [0.29, 0.717) is 18.5 Å². The lowest BCUT2D eigenvalue weighted by Crippen LogP contribution is -2.43. The van der Waals surface area contributed by atoms with E-state index in [2.05, 4.69) is 10.6 Å². The van der Waals surface area contributed by atoms with E-state index >= 15 is 0 Å². The van der Waals surface area contributed by atoms with Crippen molar-refractivity contribution < 1.29 is 4.79 Å². The van der Waals surface area contributed by atoms with Gasteiger partial charge in [0.15, 0.2) is 0 Å². The molecule has 0 bridgehead atoms. The summed E-state index contributed by atoms with van der Waals surface area (Å²) in [6, 6.07) is 0.654. The van der Waals surface area contributed by atoms with Gasteiger partial charge in [-0.1, -0.05) is 6.42 Å². The first-order valence-electron chi connectivity index (χ1n) is 5.86. The van der Waals surface area contributed by atoms with Crippen LogP contribution in [0.1, 0.15) is 33.1 Å². The fraction of sp³-hybridized carbons (Fsp3) is 0.909. The standard InChI is InChI=1S/C11H23N3O/c1-8(2)14-11(15)7-13-10-5-3-4-9(10)6-12/h8-10,13H,3-7,12H2,1-2H3,(H,14,15). The van der Waals surface area contributed by atoms with Crippen LogP contribution in [0.15, 0.2) is 0 Å². The molecule has 4 N–H and O–H groups in total.